The van der Waals surface area contributed by atoms with E-state index < -0.39 is 14.2 Å². The molecule has 0 aliphatic carbocycles. The van der Waals surface area contributed by atoms with Crippen LogP contribution in [0.5, 0.6) is 40.2 Å². The van der Waals surface area contributed by atoms with Gasteiger partial charge in [0.15, 0.2) is 0 Å². The third-order valence-corrected chi connectivity index (χ3v) is 19.1. The average molecular weight is 993 g/mol. The summed E-state index contributed by atoms with van der Waals surface area (Å²) in [5.74, 6) is 5.46. The van der Waals surface area contributed by atoms with Crippen LogP contribution in [0.2, 0.25) is 0 Å². The molecular weight excluding hydrogens is 922 g/mol. The van der Waals surface area contributed by atoms with Crippen LogP contribution in [0.3, 0.4) is 0 Å². The predicted molar refractivity (Wildman–Crippen MR) is 290 cm³/mol. The van der Waals surface area contributed by atoms with Crippen LogP contribution >= 0.6 is 6.83 Å². The Morgan fingerprint density at radius 1 is 0.347 bits per heavy atom. The Hall–Kier alpha value is -6.49. The van der Waals surface area contributed by atoms with Crippen molar-refractivity contribution in [2.75, 3.05) is 56.4 Å². The van der Waals surface area contributed by atoms with E-state index in [2.05, 4.69) is 84.9 Å². The molecule has 0 heterocycles. The van der Waals surface area contributed by atoms with Crippen LogP contribution in [0.1, 0.15) is 51.8 Å². The zero-order chi connectivity index (χ0) is 50.8. The first-order valence-corrected chi connectivity index (χ1v) is 27.3. The fraction of sp³-hybridized carbons (Fsp3) is 0.300. The molecule has 12 heteroatoms. The Labute approximate surface area is 427 Å². The SMILES string of the molecule is COc1ccc(CC(CCCOB(O)OP(Cc2ccc(OC)cc2)(Cc2ccc(OC)cc2)(Cc2ccc(OC)cc2)Cc2ccc(OC)cc2)(Cc2ccc(OC)cc2)Cc2ccc(OC)cc2)cc1. The van der Waals surface area contributed by atoms with Crippen molar-refractivity contribution in [1.29, 1.82) is 0 Å². The summed E-state index contributed by atoms with van der Waals surface area (Å²) in [6.45, 7) is -3.61. The van der Waals surface area contributed by atoms with Gasteiger partial charge in [-0.25, -0.2) is 0 Å². The van der Waals surface area contributed by atoms with Crippen molar-refractivity contribution in [3.05, 3.63) is 209 Å². The van der Waals surface area contributed by atoms with Crippen LogP contribution in [0, 0.1) is 5.41 Å². The fourth-order valence-electron chi connectivity index (χ4n) is 10.2. The summed E-state index contributed by atoms with van der Waals surface area (Å²) in [6.07, 6.45) is 5.89. The van der Waals surface area contributed by atoms with Crippen molar-refractivity contribution in [2.24, 2.45) is 5.41 Å². The van der Waals surface area contributed by atoms with Gasteiger partial charge >= 0.3 is 393 Å². The molecule has 0 fully saturated rings. The van der Waals surface area contributed by atoms with E-state index >= 15 is 0 Å². The molecule has 0 aliphatic heterocycles. The third kappa shape index (κ3) is 14.6. The average Bonchev–Trinajstić information content (AvgIpc) is 3.41. The first-order valence-electron chi connectivity index (χ1n) is 24.4. The number of benzene rings is 7. The molecule has 0 unspecified atom stereocenters. The summed E-state index contributed by atoms with van der Waals surface area (Å²) >= 11 is 0. The monoisotopic (exact) mass is 992 g/mol. The van der Waals surface area contributed by atoms with Crippen LogP contribution in [-0.2, 0) is 53.0 Å². The van der Waals surface area contributed by atoms with E-state index in [0.717, 1.165) is 88.2 Å². The summed E-state index contributed by atoms with van der Waals surface area (Å²) in [7, 11) is 10.2. The molecule has 7 aromatic carbocycles. The minimum atomic E-state index is -3.86. The molecule has 0 aliphatic rings. The number of ether oxygens (including phenoxy) is 7. The molecule has 7 aromatic rings. The molecule has 0 saturated heterocycles. The summed E-state index contributed by atoms with van der Waals surface area (Å²) in [5.41, 5.74) is 7.55. The summed E-state index contributed by atoms with van der Waals surface area (Å²) < 4.78 is 53.3. The first-order chi connectivity index (χ1) is 35.0. The molecule has 0 spiro atoms. The van der Waals surface area contributed by atoms with Gasteiger partial charge in [0.25, 0.3) is 0 Å². The van der Waals surface area contributed by atoms with E-state index in [4.69, 9.17) is 42.3 Å². The van der Waals surface area contributed by atoms with Crippen molar-refractivity contribution >= 4 is 14.2 Å². The molecule has 72 heavy (non-hydrogen) atoms. The van der Waals surface area contributed by atoms with Crippen molar-refractivity contribution in [2.45, 2.75) is 56.8 Å². The van der Waals surface area contributed by atoms with Crippen LogP contribution < -0.4 is 33.2 Å². The zero-order valence-corrected chi connectivity index (χ0v) is 43.8. The second-order valence-corrected chi connectivity index (χ2v) is 24.0. The van der Waals surface area contributed by atoms with E-state index in [9.17, 15) is 5.02 Å². The summed E-state index contributed by atoms with van der Waals surface area (Å²) in [5, 5.41) is 12.5. The predicted octanol–water partition coefficient (Wildman–Crippen LogP) is 12.8. The Kier molecular flexibility index (Phi) is 18.7. The van der Waals surface area contributed by atoms with Gasteiger partial charge in [-0.3, -0.25) is 0 Å². The number of rotatable bonds is 28. The third-order valence-electron chi connectivity index (χ3n) is 13.7. The van der Waals surface area contributed by atoms with Crippen LogP contribution in [0.4, 0.5) is 0 Å². The topological polar surface area (TPSA) is 103 Å². The van der Waals surface area contributed by atoms with Crippen molar-refractivity contribution in [3.63, 3.8) is 0 Å². The van der Waals surface area contributed by atoms with E-state index in [-0.39, 0.29) is 12.0 Å². The quantitative estimate of drug-likeness (QED) is 0.0290. The molecule has 0 bridgehead atoms. The standard InChI is InChI=1S/C60H70BO10P/c1-63-53-23-9-46(10-24-53)39-60(40-47-11-25-54(64-2)26-12-47,41-48-13-27-55(65-3)28-14-48)37-8-38-70-61(62)71-72(42-49-15-29-56(66-4)30-16-49,43-50-17-31-57(67-5)32-18-50,44-51-19-33-58(68-6)34-20-51)45-52-21-35-59(69-7)36-22-52/h9-36,62H,8,37-45H2,1-7H3. The van der Waals surface area contributed by atoms with Gasteiger partial charge in [0.2, 0.25) is 0 Å². The summed E-state index contributed by atoms with van der Waals surface area (Å²) in [4.78, 5) is 0. The van der Waals surface area contributed by atoms with Gasteiger partial charge in [-0.05, 0) is 0 Å². The molecule has 0 amide bonds. The van der Waals surface area contributed by atoms with Gasteiger partial charge in [0.05, 0.1) is 21.3 Å². The number of hydrogen-bond acceptors (Lipinski definition) is 10. The van der Waals surface area contributed by atoms with Gasteiger partial charge in [-0.2, -0.15) is 0 Å². The van der Waals surface area contributed by atoms with Gasteiger partial charge in [-0.15, -0.1) is 0 Å². The van der Waals surface area contributed by atoms with Gasteiger partial charge in [0, 0.05) is 0 Å². The molecule has 0 aromatic heterocycles. The first kappa shape index (κ1) is 53.3. The minimum absolute atomic E-state index is 0.249. The normalized spacial score (nSPS) is 12.0. The molecular formula is C60H70BO10P. The summed E-state index contributed by atoms with van der Waals surface area (Å²) in [6, 6.07) is 57.8. The van der Waals surface area contributed by atoms with Gasteiger partial charge in [0.1, 0.15) is 0 Å². The van der Waals surface area contributed by atoms with E-state index in [1.54, 1.807) is 49.8 Å². The molecule has 0 saturated carbocycles. The van der Waals surface area contributed by atoms with E-state index in [1.807, 2.05) is 84.9 Å². The molecule has 1 N–H and O–H groups in total. The maximum absolute atomic E-state index is 12.5. The van der Waals surface area contributed by atoms with Crippen molar-refractivity contribution in [1.82, 2.24) is 0 Å². The van der Waals surface area contributed by atoms with Crippen LogP contribution in [0.25, 0.3) is 0 Å². The Morgan fingerprint density at radius 3 is 0.792 bits per heavy atom. The molecule has 378 valence electrons. The van der Waals surface area contributed by atoms with Crippen molar-refractivity contribution < 1.29 is 47.3 Å². The Balaban J connectivity index is 1.27. The zero-order valence-electron chi connectivity index (χ0n) is 42.9. The number of methoxy groups -OCH3 is 7. The fourth-order valence-corrected chi connectivity index (χ4v) is 16.2. The second-order valence-electron chi connectivity index (χ2n) is 18.8. The Morgan fingerprint density at radius 2 is 0.569 bits per heavy atom. The van der Waals surface area contributed by atoms with Crippen molar-refractivity contribution in [3.8, 4) is 40.2 Å². The van der Waals surface area contributed by atoms with E-state index in [0.29, 0.717) is 31.1 Å². The molecule has 10 nitrogen and oxygen atoms in total. The van der Waals surface area contributed by atoms with E-state index in [1.165, 1.54) is 16.7 Å². The van der Waals surface area contributed by atoms with Crippen LogP contribution in [0.15, 0.2) is 170 Å². The Bertz CT molecular complexity index is 2370. The molecule has 0 atom stereocenters. The van der Waals surface area contributed by atoms with Crippen LogP contribution in [-0.4, -0.2) is 68.7 Å². The maximum atomic E-state index is 12.5. The molecule has 0 radical (unpaired) electrons. The van der Waals surface area contributed by atoms with Gasteiger partial charge in [-0.1, -0.05) is 0 Å². The molecule has 7 rings (SSSR count). The number of hydrogen-bond donors (Lipinski definition) is 1. The second kappa shape index (κ2) is 25.3. The van der Waals surface area contributed by atoms with Gasteiger partial charge < -0.3 is 14.2 Å².